The molecule has 3 rings (SSSR count). The normalized spacial score (nSPS) is 19.5. The number of ketones is 2. The van der Waals surface area contributed by atoms with Crippen LogP contribution in [0.1, 0.15) is 48.0 Å². The average Bonchev–Trinajstić information content (AvgIpc) is 2.50. The highest BCUT2D eigenvalue weighted by molar-refractivity contribution is 6.50. The molecule has 0 heterocycles. The fourth-order valence-electron chi connectivity index (χ4n) is 2.97. The molecule has 1 aromatic rings. The molecule has 2 aliphatic rings. The van der Waals surface area contributed by atoms with E-state index < -0.39 is 11.6 Å². The highest BCUT2D eigenvalue weighted by Crippen LogP contribution is 2.29. The molecular formula is C17H18O3. The summed E-state index contributed by atoms with van der Waals surface area (Å²) in [6, 6.07) is 7.16. The van der Waals surface area contributed by atoms with Crippen LogP contribution >= 0.6 is 0 Å². The summed E-state index contributed by atoms with van der Waals surface area (Å²) >= 11 is 0. The van der Waals surface area contributed by atoms with Gasteiger partial charge in [0.05, 0.1) is 6.61 Å². The second-order valence-corrected chi connectivity index (χ2v) is 5.56. The van der Waals surface area contributed by atoms with Gasteiger partial charge in [0.2, 0.25) is 11.6 Å². The molecule has 0 spiro atoms. The zero-order valence-electron chi connectivity index (χ0n) is 11.4. The van der Waals surface area contributed by atoms with Gasteiger partial charge in [0.15, 0.2) is 0 Å². The summed E-state index contributed by atoms with van der Waals surface area (Å²) in [6.45, 7) is 0.641. The van der Waals surface area contributed by atoms with Crippen molar-refractivity contribution in [1.82, 2.24) is 0 Å². The van der Waals surface area contributed by atoms with Crippen LogP contribution in [0.3, 0.4) is 0 Å². The number of rotatable bonds is 3. The molecule has 104 valence electrons. The Bertz CT molecular complexity index is 565. The van der Waals surface area contributed by atoms with Gasteiger partial charge in [-0.3, -0.25) is 9.59 Å². The Balaban J connectivity index is 1.77. The minimum atomic E-state index is -0.484. The quantitative estimate of drug-likeness (QED) is 0.791. The monoisotopic (exact) mass is 270 g/mol. The Morgan fingerprint density at radius 3 is 2.45 bits per heavy atom. The first-order valence-corrected chi connectivity index (χ1v) is 7.28. The van der Waals surface area contributed by atoms with E-state index in [1.807, 2.05) is 12.1 Å². The van der Waals surface area contributed by atoms with E-state index in [2.05, 4.69) is 0 Å². The summed E-state index contributed by atoms with van der Waals surface area (Å²) in [5.74, 6) is 0.202. The summed E-state index contributed by atoms with van der Waals surface area (Å²) in [4.78, 5) is 23.5. The molecule has 0 radical (unpaired) electrons. The third kappa shape index (κ3) is 2.53. The molecule has 2 aliphatic carbocycles. The molecule has 0 aliphatic heterocycles. The second-order valence-electron chi connectivity index (χ2n) is 5.56. The number of hydrogen-bond acceptors (Lipinski definition) is 3. The minimum Gasteiger partial charge on any atom is -0.493 e. The largest absolute Gasteiger partial charge is 0.493 e. The van der Waals surface area contributed by atoms with Crippen molar-refractivity contribution in [3.05, 3.63) is 41.5 Å². The topological polar surface area (TPSA) is 43.4 Å². The number of carbonyl (C=O) groups excluding carboxylic acids is 2. The maximum atomic E-state index is 11.8. The van der Waals surface area contributed by atoms with Gasteiger partial charge in [0, 0.05) is 17.2 Å². The maximum absolute atomic E-state index is 11.8. The molecule has 0 atom stereocenters. The van der Waals surface area contributed by atoms with Gasteiger partial charge in [0.25, 0.3) is 0 Å². The molecule has 20 heavy (non-hydrogen) atoms. The molecule has 3 nitrogen and oxygen atoms in total. The van der Waals surface area contributed by atoms with Crippen LogP contribution < -0.4 is 0 Å². The molecule has 1 fully saturated rings. The molecule has 0 saturated heterocycles. The summed E-state index contributed by atoms with van der Waals surface area (Å²) in [7, 11) is 0. The van der Waals surface area contributed by atoms with Crippen molar-refractivity contribution in [2.75, 3.05) is 6.61 Å². The van der Waals surface area contributed by atoms with Crippen molar-refractivity contribution in [2.45, 2.75) is 32.1 Å². The lowest BCUT2D eigenvalue weighted by atomic mass is 9.90. The lowest BCUT2D eigenvalue weighted by molar-refractivity contribution is -0.111. The van der Waals surface area contributed by atoms with E-state index in [1.54, 1.807) is 12.1 Å². The standard InChI is InChI=1S/C17H18O3/c18-15-10-16(20-11-12-6-2-1-3-7-12)13-8-4-5-9-14(13)17(15)19/h4-5,8-10,12H,1-3,6-7,11H2. The Morgan fingerprint density at radius 1 is 1.00 bits per heavy atom. The molecule has 0 bridgehead atoms. The van der Waals surface area contributed by atoms with Gasteiger partial charge in [-0.1, -0.05) is 43.5 Å². The number of benzene rings is 1. The zero-order valence-corrected chi connectivity index (χ0v) is 11.4. The van der Waals surface area contributed by atoms with E-state index in [4.69, 9.17) is 4.74 Å². The molecule has 0 aromatic heterocycles. The zero-order chi connectivity index (χ0) is 13.9. The van der Waals surface area contributed by atoms with E-state index >= 15 is 0 Å². The van der Waals surface area contributed by atoms with E-state index in [1.165, 1.54) is 38.2 Å². The molecule has 0 amide bonds. The third-order valence-electron chi connectivity index (χ3n) is 4.12. The van der Waals surface area contributed by atoms with Gasteiger partial charge < -0.3 is 4.74 Å². The lowest BCUT2D eigenvalue weighted by Crippen LogP contribution is -2.21. The Labute approximate surface area is 118 Å². The van der Waals surface area contributed by atoms with Crippen LogP contribution in [0.25, 0.3) is 5.76 Å². The maximum Gasteiger partial charge on any atom is 0.233 e. The fraction of sp³-hybridized carbons (Fsp3) is 0.412. The summed E-state index contributed by atoms with van der Waals surface area (Å²) in [5, 5.41) is 0. The number of allylic oxidation sites excluding steroid dienone is 1. The van der Waals surface area contributed by atoms with Crippen molar-refractivity contribution in [3.8, 4) is 0 Å². The number of Topliss-reactive ketones (excluding diaryl/α,β-unsaturated/α-hetero) is 1. The Morgan fingerprint density at radius 2 is 1.70 bits per heavy atom. The SMILES string of the molecule is O=C1C=C(OCC2CCCCC2)c2ccccc2C1=O. The lowest BCUT2D eigenvalue weighted by Gasteiger charge is -2.24. The summed E-state index contributed by atoms with van der Waals surface area (Å²) < 4.78 is 5.86. The first-order chi connectivity index (χ1) is 9.75. The van der Waals surface area contributed by atoms with Gasteiger partial charge in [0.1, 0.15) is 5.76 Å². The van der Waals surface area contributed by atoms with Gasteiger partial charge in [-0.25, -0.2) is 0 Å². The van der Waals surface area contributed by atoms with Crippen molar-refractivity contribution in [1.29, 1.82) is 0 Å². The number of hydrogen-bond donors (Lipinski definition) is 0. The predicted octanol–water partition coefficient (Wildman–Crippen LogP) is 3.39. The van der Waals surface area contributed by atoms with Crippen molar-refractivity contribution in [3.63, 3.8) is 0 Å². The van der Waals surface area contributed by atoms with E-state index in [9.17, 15) is 9.59 Å². The van der Waals surface area contributed by atoms with Crippen LogP contribution in [0.2, 0.25) is 0 Å². The van der Waals surface area contributed by atoms with Crippen molar-refractivity contribution >= 4 is 17.3 Å². The van der Waals surface area contributed by atoms with Crippen LogP contribution in [-0.4, -0.2) is 18.2 Å². The van der Waals surface area contributed by atoms with Gasteiger partial charge in [-0.2, -0.15) is 0 Å². The van der Waals surface area contributed by atoms with Crippen molar-refractivity contribution in [2.24, 2.45) is 5.92 Å². The van der Waals surface area contributed by atoms with E-state index in [-0.39, 0.29) is 0 Å². The third-order valence-corrected chi connectivity index (χ3v) is 4.12. The van der Waals surface area contributed by atoms with Gasteiger partial charge >= 0.3 is 0 Å². The molecular weight excluding hydrogens is 252 g/mol. The molecule has 1 aromatic carbocycles. The van der Waals surface area contributed by atoms with Crippen molar-refractivity contribution < 1.29 is 14.3 Å². The second kappa shape index (κ2) is 5.61. The molecule has 0 unspecified atom stereocenters. The number of fused-ring (bicyclic) bond motifs is 1. The first-order valence-electron chi connectivity index (χ1n) is 7.28. The van der Waals surface area contributed by atoms with Gasteiger partial charge in [-0.05, 0) is 18.8 Å². The highest BCUT2D eigenvalue weighted by atomic mass is 16.5. The van der Waals surface area contributed by atoms with Gasteiger partial charge in [-0.15, -0.1) is 0 Å². The van der Waals surface area contributed by atoms with Crippen LogP contribution in [0.4, 0.5) is 0 Å². The summed E-state index contributed by atoms with van der Waals surface area (Å²) in [5.41, 5.74) is 1.20. The number of carbonyl (C=O) groups is 2. The smallest absolute Gasteiger partial charge is 0.233 e. The highest BCUT2D eigenvalue weighted by Gasteiger charge is 2.26. The Hall–Kier alpha value is -1.90. The fourth-order valence-corrected chi connectivity index (χ4v) is 2.97. The minimum absolute atomic E-state index is 0.439. The number of ether oxygens (including phenoxy) is 1. The molecule has 3 heteroatoms. The van der Waals surface area contributed by atoms with E-state index in [0.717, 1.165) is 5.56 Å². The first kappa shape index (κ1) is 13.1. The van der Waals surface area contributed by atoms with Crippen LogP contribution in [0.5, 0.6) is 0 Å². The molecule has 1 saturated carbocycles. The van der Waals surface area contributed by atoms with Crippen LogP contribution in [0, 0.1) is 5.92 Å². The predicted molar refractivity (Wildman–Crippen MR) is 76.3 cm³/mol. The summed E-state index contributed by atoms with van der Waals surface area (Å²) in [6.07, 6.45) is 7.58. The Kier molecular flexibility index (Phi) is 3.68. The van der Waals surface area contributed by atoms with E-state index in [0.29, 0.717) is 23.8 Å². The average molecular weight is 270 g/mol. The van der Waals surface area contributed by atoms with Crippen LogP contribution in [0.15, 0.2) is 30.3 Å². The molecule has 0 N–H and O–H groups in total. The van der Waals surface area contributed by atoms with Crippen LogP contribution in [-0.2, 0) is 9.53 Å².